The van der Waals surface area contributed by atoms with Crippen molar-refractivity contribution in [3.05, 3.63) is 84.9 Å². The topological polar surface area (TPSA) is 18.5 Å². The predicted molar refractivity (Wildman–Crippen MR) is 193 cm³/mol. The third-order valence-corrected chi connectivity index (χ3v) is 20.6. The van der Waals surface area contributed by atoms with E-state index in [9.17, 15) is 0 Å². The first kappa shape index (κ1) is 33.3. The van der Waals surface area contributed by atoms with Crippen LogP contribution < -0.4 is 0 Å². The van der Waals surface area contributed by atoms with Gasteiger partial charge in [0.1, 0.15) is 0 Å². The first-order valence-corrected chi connectivity index (χ1v) is 22.9. The maximum absolute atomic E-state index is 7.33. The molecule has 42 heavy (non-hydrogen) atoms. The molecule has 0 N–H and O–H groups in total. The van der Waals surface area contributed by atoms with Crippen molar-refractivity contribution >= 4 is 61.7 Å². The Morgan fingerprint density at radius 1 is 0.524 bits per heavy atom. The van der Waals surface area contributed by atoms with Crippen LogP contribution in [0.4, 0.5) is 0 Å². The van der Waals surface area contributed by atoms with Gasteiger partial charge in [-0.15, -0.1) is 23.5 Å². The molecule has 6 heteroatoms. The van der Waals surface area contributed by atoms with Crippen LogP contribution in [0.15, 0.2) is 94.7 Å². The van der Waals surface area contributed by atoms with Crippen molar-refractivity contribution in [2.75, 3.05) is 11.5 Å². The monoisotopic (exact) mass is 634 g/mol. The molecule has 0 aromatic heterocycles. The number of hydrogen-bond donors (Lipinski definition) is 0. The van der Waals surface area contributed by atoms with Crippen LogP contribution in [0.25, 0.3) is 21.5 Å². The first-order chi connectivity index (χ1) is 19.6. The maximum Gasteiger partial charge on any atom is 0.192 e. The van der Waals surface area contributed by atoms with E-state index in [0.29, 0.717) is 0 Å². The van der Waals surface area contributed by atoms with E-state index in [4.69, 9.17) is 8.85 Å². The zero-order valence-electron chi connectivity index (χ0n) is 27.3. The molecule has 2 nitrogen and oxygen atoms in total. The van der Waals surface area contributed by atoms with Gasteiger partial charge in [0.15, 0.2) is 16.6 Å². The Morgan fingerprint density at radius 2 is 0.857 bits per heavy atom. The number of hydrogen-bond acceptors (Lipinski definition) is 4. The molecule has 0 saturated heterocycles. The molecular weight excluding hydrogens is 585 g/mol. The number of thioether (sulfide) groups is 2. The number of benzene rings is 4. The summed E-state index contributed by atoms with van der Waals surface area (Å²) in [6.07, 6.45) is -0.0436. The van der Waals surface area contributed by atoms with Crippen molar-refractivity contribution < 1.29 is 8.85 Å². The fourth-order valence-corrected chi connectivity index (χ4v) is 9.75. The number of fused-ring (bicyclic) bond motifs is 2. The Bertz CT molecular complexity index is 1360. The van der Waals surface area contributed by atoms with Crippen molar-refractivity contribution in [2.45, 2.75) is 99.8 Å². The molecule has 0 aliphatic heterocycles. The Labute approximate surface area is 265 Å². The zero-order chi connectivity index (χ0) is 30.8. The second-order valence-electron chi connectivity index (χ2n) is 14.4. The highest BCUT2D eigenvalue weighted by Gasteiger charge is 2.44. The lowest BCUT2D eigenvalue weighted by Crippen LogP contribution is -2.53. The summed E-state index contributed by atoms with van der Waals surface area (Å²) in [4.78, 5) is 2.62. The van der Waals surface area contributed by atoms with Crippen LogP contribution in [0.1, 0.15) is 41.5 Å². The van der Waals surface area contributed by atoms with E-state index < -0.39 is 16.6 Å². The van der Waals surface area contributed by atoms with Crippen molar-refractivity contribution in [1.82, 2.24) is 0 Å². The van der Waals surface area contributed by atoms with E-state index >= 15 is 0 Å². The molecule has 0 unspecified atom stereocenters. The van der Waals surface area contributed by atoms with Gasteiger partial charge in [-0.1, -0.05) is 114 Å². The SMILES string of the molecule is CC(C)(C)[Si](C)(C)O[C@@H](CSc1cccc2ccccc12)[C@H](CSc1cccc2ccccc12)O[Si](C)(C)C(C)(C)C. The van der Waals surface area contributed by atoms with Gasteiger partial charge in [0.25, 0.3) is 0 Å². The summed E-state index contributed by atoms with van der Waals surface area (Å²) >= 11 is 3.84. The molecule has 0 aliphatic rings. The van der Waals surface area contributed by atoms with Crippen molar-refractivity contribution in [3.8, 4) is 0 Å². The van der Waals surface area contributed by atoms with Gasteiger partial charge in [0.2, 0.25) is 0 Å². The molecule has 4 rings (SSSR count). The lowest BCUT2D eigenvalue weighted by atomic mass is 10.1. The first-order valence-electron chi connectivity index (χ1n) is 15.2. The summed E-state index contributed by atoms with van der Waals surface area (Å²) in [5.74, 6) is 1.71. The van der Waals surface area contributed by atoms with Gasteiger partial charge >= 0.3 is 0 Å². The Hall–Kier alpha value is -1.55. The van der Waals surface area contributed by atoms with Gasteiger partial charge < -0.3 is 8.85 Å². The van der Waals surface area contributed by atoms with E-state index in [1.165, 1.54) is 31.3 Å². The summed E-state index contributed by atoms with van der Waals surface area (Å²) in [7, 11) is -4.17. The van der Waals surface area contributed by atoms with Gasteiger partial charge in [-0.2, -0.15) is 0 Å². The fourth-order valence-electron chi connectivity index (χ4n) is 4.53. The minimum Gasteiger partial charge on any atom is -0.410 e. The van der Waals surface area contributed by atoms with Gasteiger partial charge in [-0.25, -0.2) is 0 Å². The summed E-state index contributed by atoms with van der Waals surface area (Å²) < 4.78 is 14.7. The van der Waals surface area contributed by atoms with Crippen molar-refractivity contribution in [2.24, 2.45) is 0 Å². The molecule has 0 amide bonds. The third kappa shape index (κ3) is 7.93. The molecule has 4 aromatic carbocycles. The van der Waals surface area contributed by atoms with Gasteiger partial charge in [0.05, 0.1) is 12.2 Å². The quantitative estimate of drug-likeness (QED) is 0.121. The molecule has 0 spiro atoms. The zero-order valence-corrected chi connectivity index (χ0v) is 30.9. The summed E-state index contributed by atoms with van der Waals surface area (Å²) in [5, 5.41) is 5.40. The Kier molecular flexibility index (Phi) is 10.5. The summed E-state index contributed by atoms with van der Waals surface area (Å²) in [6.45, 7) is 23.5. The molecule has 226 valence electrons. The average molecular weight is 635 g/mol. The standard InChI is InChI=1S/C36H50O2S2Si2/c1-35(2,3)41(7,8)37-31(25-39-33-23-15-19-27-17-11-13-21-29(27)33)32(38-42(9,10)36(4,5)6)26-40-34-24-16-20-28-18-12-14-22-30(28)34/h11-24,31-32H,25-26H2,1-10H3/t31-,32-/m0/s1. The van der Waals surface area contributed by atoms with Crippen LogP contribution in [-0.4, -0.2) is 40.3 Å². The van der Waals surface area contributed by atoms with E-state index in [2.05, 4.69) is 153 Å². The normalized spacial score (nSPS) is 14.8. The van der Waals surface area contributed by atoms with Crippen LogP contribution in [0.5, 0.6) is 0 Å². The minimum absolute atomic E-state index is 0.0218. The maximum atomic E-state index is 7.33. The van der Waals surface area contributed by atoms with Crippen LogP contribution in [0.3, 0.4) is 0 Å². The van der Waals surface area contributed by atoms with Gasteiger partial charge in [-0.3, -0.25) is 0 Å². The van der Waals surface area contributed by atoms with E-state index in [1.807, 2.05) is 23.5 Å². The fraction of sp³-hybridized carbons (Fsp3) is 0.444. The molecule has 0 aliphatic carbocycles. The summed E-state index contributed by atoms with van der Waals surface area (Å²) in [5.41, 5.74) is 0. The number of rotatable bonds is 11. The smallest absolute Gasteiger partial charge is 0.192 e. The van der Waals surface area contributed by atoms with Gasteiger partial charge in [-0.05, 0) is 69.9 Å². The van der Waals surface area contributed by atoms with E-state index in [0.717, 1.165) is 11.5 Å². The second-order valence-corrected chi connectivity index (χ2v) is 26.0. The molecule has 2 atom stereocenters. The van der Waals surface area contributed by atoms with Crippen molar-refractivity contribution in [3.63, 3.8) is 0 Å². The van der Waals surface area contributed by atoms with Crippen LogP contribution in [0, 0.1) is 0 Å². The molecular formula is C36H50O2S2Si2. The third-order valence-electron chi connectivity index (χ3n) is 9.22. The highest BCUT2D eigenvalue weighted by Crippen LogP contribution is 2.42. The van der Waals surface area contributed by atoms with Crippen LogP contribution >= 0.6 is 23.5 Å². The molecule has 0 saturated carbocycles. The lowest BCUT2D eigenvalue weighted by molar-refractivity contribution is 0.0644. The van der Waals surface area contributed by atoms with E-state index in [-0.39, 0.29) is 22.3 Å². The van der Waals surface area contributed by atoms with Gasteiger partial charge in [0, 0.05) is 21.3 Å². The lowest BCUT2D eigenvalue weighted by Gasteiger charge is -2.45. The minimum atomic E-state index is -2.08. The average Bonchev–Trinajstić information content (AvgIpc) is 2.92. The predicted octanol–water partition coefficient (Wildman–Crippen LogP) is 11.7. The van der Waals surface area contributed by atoms with Crippen molar-refractivity contribution in [1.29, 1.82) is 0 Å². The van der Waals surface area contributed by atoms with Crippen LogP contribution in [-0.2, 0) is 8.85 Å². The molecule has 0 radical (unpaired) electrons. The summed E-state index contributed by atoms with van der Waals surface area (Å²) in [6, 6.07) is 30.7. The molecule has 0 heterocycles. The van der Waals surface area contributed by atoms with E-state index in [1.54, 1.807) is 0 Å². The molecule has 0 fully saturated rings. The Balaban J connectivity index is 1.71. The second kappa shape index (κ2) is 13.2. The largest absolute Gasteiger partial charge is 0.410 e. The molecule has 0 bridgehead atoms. The Morgan fingerprint density at radius 3 is 1.21 bits per heavy atom. The molecule has 4 aromatic rings. The van der Waals surface area contributed by atoms with Crippen LogP contribution in [0.2, 0.25) is 36.3 Å². The highest BCUT2D eigenvalue weighted by molar-refractivity contribution is 8.00. The highest BCUT2D eigenvalue weighted by atomic mass is 32.2.